The van der Waals surface area contributed by atoms with Crippen LogP contribution < -0.4 is 5.32 Å². The first-order valence-corrected chi connectivity index (χ1v) is 9.90. The minimum atomic E-state index is -0.205. The Bertz CT molecular complexity index is 886. The van der Waals surface area contributed by atoms with Crippen LogP contribution in [0, 0.1) is 0 Å². The molecule has 5 heteroatoms. The van der Waals surface area contributed by atoms with Crippen LogP contribution in [-0.4, -0.2) is 35.6 Å². The van der Waals surface area contributed by atoms with Crippen molar-refractivity contribution in [3.63, 3.8) is 0 Å². The maximum absolute atomic E-state index is 12.7. The molecule has 0 spiro atoms. The minimum absolute atomic E-state index is 0.172. The highest BCUT2D eigenvalue weighted by Gasteiger charge is 2.23. The van der Waals surface area contributed by atoms with E-state index in [1.807, 2.05) is 36.4 Å². The molecule has 0 unspecified atom stereocenters. The SMILES string of the molecule is O=C(NC[C@@H](c1ccccc1)N1CCCCC1)c1cc(-c2ccccc2)on1. The topological polar surface area (TPSA) is 58.4 Å². The Hall–Kier alpha value is -2.92. The number of benzene rings is 2. The predicted octanol–water partition coefficient (Wildman–Crippen LogP) is 4.30. The summed E-state index contributed by atoms with van der Waals surface area (Å²) in [5.41, 5.74) is 2.45. The van der Waals surface area contributed by atoms with Gasteiger partial charge < -0.3 is 9.84 Å². The molecule has 3 aromatic rings. The smallest absolute Gasteiger partial charge is 0.273 e. The number of aromatic nitrogens is 1. The highest BCUT2D eigenvalue weighted by Crippen LogP contribution is 2.24. The quantitative estimate of drug-likeness (QED) is 0.698. The van der Waals surface area contributed by atoms with Crippen LogP contribution in [0.1, 0.15) is 41.4 Å². The molecular formula is C23H25N3O2. The zero-order valence-corrected chi connectivity index (χ0v) is 15.9. The van der Waals surface area contributed by atoms with Gasteiger partial charge in [-0.3, -0.25) is 9.69 Å². The summed E-state index contributed by atoms with van der Waals surface area (Å²) in [5, 5.41) is 7.01. The zero-order valence-electron chi connectivity index (χ0n) is 15.9. The molecule has 5 nitrogen and oxygen atoms in total. The van der Waals surface area contributed by atoms with Gasteiger partial charge in [0.05, 0.1) is 6.04 Å². The molecule has 2 aromatic carbocycles. The molecule has 2 heterocycles. The molecule has 1 atom stereocenters. The molecule has 144 valence electrons. The highest BCUT2D eigenvalue weighted by molar-refractivity contribution is 5.93. The molecule has 0 bridgehead atoms. The number of piperidine rings is 1. The number of nitrogens with zero attached hydrogens (tertiary/aromatic N) is 2. The van der Waals surface area contributed by atoms with E-state index < -0.39 is 0 Å². The maximum Gasteiger partial charge on any atom is 0.273 e. The van der Waals surface area contributed by atoms with Gasteiger partial charge in [-0.2, -0.15) is 0 Å². The molecule has 0 saturated carbocycles. The van der Waals surface area contributed by atoms with Gasteiger partial charge in [0.1, 0.15) is 0 Å². The molecule has 1 N–H and O–H groups in total. The van der Waals surface area contributed by atoms with Crippen molar-refractivity contribution in [3.05, 3.63) is 78.0 Å². The largest absolute Gasteiger partial charge is 0.355 e. The van der Waals surface area contributed by atoms with Gasteiger partial charge in [0.15, 0.2) is 11.5 Å². The van der Waals surface area contributed by atoms with Crippen LogP contribution >= 0.6 is 0 Å². The lowest BCUT2D eigenvalue weighted by Crippen LogP contribution is -2.40. The summed E-state index contributed by atoms with van der Waals surface area (Å²) in [6, 6.07) is 21.9. The van der Waals surface area contributed by atoms with Gasteiger partial charge in [0, 0.05) is 18.2 Å². The molecule has 1 amide bonds. The van der Waals surface area contributed by atoms with Crippen LogP contribution in [0.3, 0.4) is 0 Å². The fourth-order valence-electron chi connectivity index (χ4n) is 3.76. The van der Waals surface area contributed by atoms with E-state index in [1.54, 1.807) is 6.07 Å². The normalized spacial score (nSPS) is 15.9. The van der Waals surface area contributed by atoms with E-state index in [-0.39, 0.29) is 11.9 Å². The van der Waals surface area contributed by atoms with Crippen LogP contribution in [0.15, 0.2) is 71.3 Å². The summed E-state index contributed by atoms with van der Waals surface area (Å²) < 4.78 is 5.36. The second-order valence-corrected chi connectivity index (χ2v) is 7.18. The van der Waals surface area contributed by atoms with E-state index in [4.69, 9.17) is 4.52 Å². The van der Waals surface area contributed by atoms with Crippen LogP contribution in [0.2, 0.25) is 0 Å². The third-order valence-corrected chi connectivity index (χ3v) is 5.27. The number of amides is 1. The van der Waals surface area contributed by atoms with Crippen molar-refractivity contribution in [2.45, 2.75) is 25.3 Å². The average Bonchev–Trinajstić information content (AvgIpc) is 3.26. The van der Waals surface area contributed by atoms with Gasteiger partial charge in [-0.25, -0.2) is 0 Å². The number of likely N-dealkylation sites (tertiary alicyclic amines) is 1. The summed E-state index contributed by atoms with van der Waals surface area (Å²) in [6.07, 6.45) is 3.70. The molecule has 28 heavy (non-hydrogen) atoms. The van der Waals surface area contributed by atoms with Crippen molar-refractivity contribution < 1.29 is 9.32 Å². The van der Waals surface area contributed by atoms with Gasteiger partial charge in [0.2, 0.25) is 0 Å². The monoisotopic (exact) mass is 375 g/mol. The van der Waals surface area contributed by atoms with E-state index in [9.17, 15) is 4.79 Å². The second kappa shape index (κ2) is 8.85. The molecule has 0 aliphatic carbocycles. The Balaban J connectivity index is 1.45. The molecule has 1 saturated heterocycles. The van der Waals surface area contributed by atoms with Crippen molar-refractivity contribution in [2.24, 2.45) is 0 Å². The van der Waals surface area contributed by atoms with E-state index in [0.29, 0.717) is 18.0 Å². The molecule has 0 radical (unpaired) electrons. The lowest BCUT2D eigenvalue weighted by molar-refractivity contribution is 0.0915. The van der Waals surface area contributed by atoms with Crippen LogP contribution in [0.5, 0.6) is 0 Å². The Kier molecular flexibility index (Phi) is 5.83. The summed E-state index contributed by atoms with van der Waals surface area (Å²) in [7, 11) is 0. The van der Waals surface area contributed by atoms with Gasteiger partial charge >= 0.3 is 0 Å². The maximum atomic E-state index is 12.7. The Labute approximate surface area is 165 Å². The molecular weight excluding hydrogens is 350 g/mol. The summed E-state index contributed by atoms with van der Waals surface area (Å²) in [4.78, 5) is 15.1. The lowest BCUT2D eigenvalue weighted by atomic mass is 10.0. The number of carbonyl (C=O) groups is 1. The summed E-state index contributed by atoms with van der Waals surface area (Å²) in [5.74, 6) is 0.394. The molecule has 1 fully saturated rings. The van der Waals surface area contributed by atoms with Crippen LogP contribution in [0.4, 0.5) is 0 Å². The van der Waals surface area contributed by atoms with Crippen LogP contribution in [-0.2, 0) is 0 Å². The minimum Gasteiger partial charge on any atom is -0.355 e. The molecule has 4 rings (SSSR count). The number of hydrogen-bond acceptors (Lipinski definition) is 4. The highest BCUT2D eigenvalue weighted by atomic mass is 16.5. The third kappa shape index (κ3) is 4.31. The first-order chi connectivity index (χ1) is 13.8. The number of hydrogen-bond donors (Lipinski definition) is 1. The van der Waals surface area contributed by atoms with Gasteiger partial charge in [-0.05, 0) is 31.5 Å². The van der Waals surface area contributed by atoms with Gasteiger partial charge in [0.25, 0.3) is 5.91 Å². The molecule has 1 aliphatic rings. The Morgan fingerprint density at radius 1 is 1.00 bits per heavy atom. The zero-order chi connectivity index (χ0) is 19.2. The van der Waals surface area contributed by atoms with E-state index in [1.165, 1.54) is 24.8 Å². The molecule has 1 aliphatic heterocycles. The predicted molar refractivity (Wildman–Crippen MR) is 109 cm³/mol. The lowest BCUT2D eigenvalue weighted by Gasteiger charge is -2.35. The third-order valence-electron chi connectivity index (χ3n) is 5.27. The summed E-state index contributed by atoms with van der Waals surface area (Å²) in [6.45, 7) is 2.69. The molecule has 1 aromatic heterocycles. The van der Waals surface area contributed by atoms with Crippen molar-refractivity contribution in [3.8, 4) is 11.3 Å². The first kappa shape index (κ1) is 18.4. The van der Waals surface area contributed by atoms with Crippen molar-refractivity contribution in [2.75, 3.05) is 19.6 Å². The second-order valence-electron chi connectivity index (χ2n) is 7.18. The number of rotatable bonds is 6. The van der Waals surface area contributed by atoms with E-state index in [2.05, 4.69) is 39.6 Å². The average molecular weight is 375 g/mol. The van der Waals surface area contributed by atoms with E-state index >= 15 is 0 Å². The van der Waals surface area contributed by atoms with Crippen molar-refractivity contribution >= 4 is 5.91 Å². The Morgan fingerprint density at radius 3 is 2.39 bits per heavy atom. The Morgan fingerprint density at radius 2 is 1.68 bits per heavy atom. The van der Waals surface area contributed by atoms with Crippen molar-refractivity contribution in [1.82, 2.24) is 15.4 Å². The fourth-order valence-corrected chi connectivity index (χ4v) is 3.76. The van der Waals surface area contributed by atoms with E-state index in [0.717, 1.165) is 18.7 Å². The first-order valence-electron chi connectivity index (χ1n) is 9.90. The number of nitrogens with one attached hydrogen (secondary N) is 1. The fraction of sp³-hybridized carbons (Fsp3) is 0.304. The van der Waals surface area contributed by atoms with Crippen molar-refractivity contribution in [1.29, 1.82) is 0 Å². The van der Waals surface area contributed by atoms with Crippen LogP contribution in [0.25, 0.3) is 11.3 Å². The summed E-state index contributed by atoms with van der Waals surface area (Å²) >= 11 is 0. The number of carbonyl (C=O) groups excluding carboxylic acids is 1. The van der Waals surface area contributed by atoms with Gasteiger partial charge in [-0.1, -0.05) is 72.2 Å². The van der Waals surface area contributed by atoms with Gasteiger partial charge in [-0.15, -0.1) is 0 Å². The standard InChI is InChI=1S/C23H25N3O2/c27-23(20-16-22(28-25-20)19-12-6-2-7-13-19)24-17-21(18-10-4-1-5-11-18)26-14-8-3-9-15-26/h1-2,4-7,10-13,16,21H,3,8-9,14-15,17H2,(H,24,27)/t21-/m0/s1.